The first-order chi connectivity index (χ1) is 5.95. The molecule has 0 aromatic heterocycles. The SMILES string of the molecule is C1CCC(COCC2CS2)CC1. The molecule has 0 radical (unpaired) electrons. The molecule has 1 saturated heterocycles. The Hall–Kier alpha value is 0.310. The molecule has 2 fully saturated rings. The van der Waals surface area contributed by atoms with Crippen LogP contribution in [-0.4, -0.2) is 24.2 Å². The lowest BCUT2D eigenvalue weighted by Gasteiger charge is -2.21. The topological polar surface area (TPSA) is 9.23 Å². The van der Waals surface area contributed by atoms with Crippen molar-refractivity contribution in [1.82, 2.24) is 0 Å². The van der Waals surface area contributed by atoms with Crippen LogP contribution in [-0.2, 0) is 4.74 Å². The van der Waals surface area contributed by atoms with E-state index in [1.165, 1.54) is 37.9 Å². The van der Waals surface area contributed by atoms with E-state index >= 15 is 0 Å². The van der Waals surface area contributed by atoms with Gasteiger partial charge in [-0.15, -0.1) is 0 Å². The summed E-state index contributed by atoms with van der Waals surface area (Å²) in [5.41, 5.74) is 0. The van der Waals surface area contributed by atoms with E-state index in [1.807, 2.05) is 11.8 Å². The molecule has 0 spiro atoms. The van der Waals surface area contributed by atoms with E-state index in [-0.39, 0.29) is 0 Å². The number of ether oxygens (including phenoxy) is 1. The summed E-state index contributed by atoms with van der Waals surface area (Å²) in [7, 11) is 0. The molecule has 1 nitrogen and oxygen atoms in total. The van der Waals surface area contributed by atoms with Crippen molar-refractivity contribution < 1.29 is 4.74 Å². The molecule has 0 aromatic carbocycles. The first-order valence-electron chi connectivity index (χ1n) is 5.14. The third-order valence-electron chi connectivity index (χ3n) is 2.78. The van der Waals surface area contributed by atoms with E-state index in [0.717, 1.165) is 24.4 Å². The Labute approximate surface area is 79.2 Å². The molecule has 2 rings (SSSR count). The molecule has 12 heavy (non-hydrogen) atoms. The Kier molecular flexibility index (Phi) is 3.35. The monoisotopic (exact) mass is 186 g/mol. The second-order valence-corrected chi connectivity index (χ2v) is 5.33. The lowest BCUT2D eigenvalue weighted by atomic mass is 9.90. The van der Waals surface area contributed by atoms with Crippen molar-refractivity contribution in [2.24, 2.45) is 5.92 Å². The van der Waals surface area contributed by atoms with Crippen LogP contribution in [0.1, 0.15) is 32.1 Å². The van der Waals surface area contributed by atoms with Gasteiger partial charge >= 0.3 is 0 Å². The van der Waals surface area contributed by atoms with Crippen molar-refractivity contribution in [2.75, 3.05) is 19.0 Å². The van der Waals surface area contributed by atoms with Crippen molar-refractivity contribution >= 4 is 11.8 Å². The summed E-state index contributed by atoms with van der Waals surface area (Å²) in [5.74, 6) is 2.23. The minimum Gasteiger partial charge on any atom is -0.380 e. The van der Waals surface area contributed by atoms with Gasteiger partial charge in [-0.1, -0.05) is 19.3 Å². The Morgan fingerprint density at radius 3 is 2.50 bits per heavy atom. The molecular formula is C10H18OS. The Bertz CT molecular complexity index is 128. The summed E-state index contributed by atoms with van der Waals surface area (Å²) < 4.78 is 5.68. The van der Waals surface area contributed by atoms with Gasteiger partial charge in [-0.25, -0.2) is 0 Å². The summed E-state index contributed by atoms with van der Waals surface area (Å²) in [6.45, 7) is 2.05. The van der Waals surface area contributed by atoms with Crippen molar-refractivity contribution in [1.29, 1.82) is 0 Å². The van der Waals surface area contributed by atoms with Gasteiger partial charge < -0.3 is 4.74 Å². The highest BCUT2D eigenvalue weighted by molar-refractivity contribution is 8.06. The summed E-state index contributed by atoms with van der Waals surface area (Å²) in [5, 5.41) is 0.855. The third kappa shape index (κ3) is 2.98. The van der Waals surface area contributed by atoms with Crippen molar-refractivity contribution in [3.8, 4) is 0 Å². The number of thioether (sulfide) groups is 1. The number of hydrogen-bond acceptors (Lipinski definition) is 2. The van der Waals surface area contributed by atoms with Gasteiger partial charge in [0, 0.05) is 17.6 Å². The van der Waals surface area contributed by atoms with Gasteiger partial charge in [-0.2, -0.15) is 11.8 Å². The van der Waals surface area contributed by atoms with Gasteiger partial charge in [0.05, 0.1) is 6.61 Å². The predicted octanol–water partition coefficient (Wildman–Crippen LogP) is 2.70. The van der Waals surface area contributed by atoms with Gasteiger partial charge in [-0.05, 0) is 18.8 Å². The number of rotatable bonds is 4. The normalized spacial score (nSPS) is 30.5. The van der Waals surface area contributed by atoms with Crippen LogP contribution in [0.5, 0.6) is 0 Å². The zero-order valence-corrected chi connectivity index (χ0v) is 8.44. The molecule has 1 aliphatic carbocycles. The number of hydrogen-bond donors (Lipinski definition) is 0. The Morgan fingerprint density at radius 1 is 1.08 bits per heavy atom. The van der Waals surface area contributed by atoms with E-state index in [0.29, 0.717) is 0 Å². The third-order valence-corrected chi connectivity index (χ3v) is 3.73. The molecule has 1 heterocycles. The van der Waals surface area contributed by atoms with Crippen LogP contribution < -0.4 is 0 Å². The molecule has 2 aliphatic rings. The van der Waals surface area contributed by atoms with Crippen LogP contribution in [0.3, 0.4) is 0 Å². The fourth-order valence-corrected chi connectivity index (χ4v) is 2.31. The van der Waals surface area contributed by atoms with E-state index in [9.17, 15) is 0 Å². The Morgan fingerprint density at radius 2 is 1.83 bits per heavy atom. The lowest BCUT2D eigenvalue weighted by molar-refractivity contribution is 0.0909. The van der Waals surface area contributed by atoms with Crippen LogP contribution in [0, 0.1) is 5.92 Å². The molecule has 1 atom stereocenters. The van der Waals surface area contributed by atoms with E-state index < -0.39 is 0 Å². The fraction of sp³-hybridized carbons (Fsp3) is 1.00. The molecule has 0 N–H and O–H groups in total. The fourth-order valence-electron chi connectivity index (χ4n) is 1.88. The molecule has 0 bridgehead atoms. The van der Waals surface area contributed by atoms with E-state index in [2.05, 4.69) is 0 Å². The van der Waals surface area contributed by atoms with Crippen LogP contribution in [0.2, 0.25) is 0 Å². The van der Waals surface area contributed by atoms with Crippen molar-refractivity contribution in [3.63, 3.8) is 0 Å². The van der Waals surface area contributed by atoms with Crippen molar-refractivity contribution in [3.05, 3.63) is 0 Å². The molecule has 70 valence electrons. The van der Waals surface area contributed by atoms with Gasteiger partial charge in [0.2, 0.25) is 0 Å². The average molecular weight is 186 g/mol. The summed E-state index contributed by atoms with van der Waals surface area (Å²) in [4.78, 5) is 0. The van der Waals surface area contributed by atoms with Crippen LogP contribution in [0.25, 0.3) is 0 Å². The maximum Gasteiger partial charge on any atom is 0.0593 e. The zero-order valence-electron chi connectivity index (χ0n) is 7.63. The van der Waals surface area contributed by atoms with Gasteiger partial charge in [0.25, 0.3) is 0 Å². The molecule has 0 amide bonds. The smallest absolute Gasteiger partial charge is 0.0593 e. The quantitative estimate of drug-likeness (QED) is 0.624. The standard InChI is InChI=1S/C10H18OS/c1-2-4-9(5-3-1)6-11-7-10-8-12-10/h9-10H,1-8H2. The molecular weight excluding hydrogens is 168 g/mol. The first-order valence-corrected chi connectivity index (χ1v) is 6.19. The maximum atomic E-state index is 5.68. The van der Waals surface area contributed by atoms with Crippen molar-refractivity contribution in [2.45, 2.75) is 37.4 Å². The van der Waals surface area contributed by atoms with Crippen LogP contribution >= 0.6 is 11.8 Å². The second kappa shape index (κ2) is 4.52. The van der Waals surface area contributed by atoms with Gasteiger partial charge in [-0.3, -0.25) is 0 Å². The summed E-state index contributed by atoms with van der Waals surface area (Å²) in [6.07, 6.45) is 7.16. The summed E-state index contributed by atoms with van der Waals surface area (Å²) >= 11 is 2.03. The molecule has 0 aromatic rings. The first kappa shape index (κ1) is 8.89. The van der Waals surface area contributed by atoms with E-state index in [4.69, 9.17) is 4.74 Å². The highest BCUT2D eigenvalue weighted by Gasteiger charge is 2.23. The average Bonchev–Trinajstić information content (AvgIpc) is 2.90. The minimum absolute atomic E-state index is 0.855. The van der Waals surface area contributed by atoms with E-state index in [1.54, 1.807) is 0 Å². The zero-order chi connectivity index (χ0) is 8.23. The molecule has 1 unspecified atom stereocenters. The molecule has 2 heteroatoms. The van der Waals surface area contributed by atoms with Crippen LogP contribution in [0.15, 0.2) is 0 Å². The van der Waals surface area contributed by atoms with Gasteiger partial charge in [0.15, 0.2) is 0 Å². The Balaban J connectivity index is 1.52. The highest BCUT2D eigenvalue weighted by atomic mass is 32.2. The largest absolute Gasteiger partial charge is 0.380 e. The highest BCUT2D eigenvalue weighted by Crippen LogP contribution is 2.30. The molecule has 1 aliphatic heterocycles. The lowest BCUT2D eigenvalue weighted by Crippen LogP contribution is -2.14. The maximum absolute atomic E-state index is 5.68. The second-order valence-electron chi connectivity index (χ2n) is 4.00. The minimum atomic E-state index is 0.855. The molecule has 1 saturated carbocycles. The van der Waals surface area contributed by atoms with Crippen LogP contribution in [0.4, 0.5) is 0 Å². The van der Waals surface area contributed by atoms with Gasteiger partial charge in [0.1, 0.15) is 0 Å². The predicted molar refractivity (Wildman–Crippen MR) is 53.6 cm³/mol. The summed E-state index contributed by atoms with van der Waals surface area (Å²) in [6, 6.07) is 0.